The predicted octanol–water partition coefficient (Wildman–Crippen LogP) is 0.138. The van der Waals surface area contributed by atoms with E-state index in [1.165, 1.54) is 24.3 Å². The van der Waals surface area contributed by atoms with Crippen LogP contribution in [0.25, 0.3) is 0 Å². The molecule has 2 atom stereocenters. The van der Waals surface area contributed by atoms with Crippen LogP contribution in [0.15, 0.2) is 29.2 Å². The number of benzene rings is 1. The number of amides is 1. The summed E-state index contributed by atoms with van der Waals surface area (Å²) in [6.45, 7) is 3.11. The number of hydrogen-bond donors (Lipinski definition) is 3. The van der Waals surface area contributed by atoms with Gasteiger partial charge in [-0.1, -0.05) is 12.1 Å². The summed E-state index contributed by atoms with van der Waals surface area (Å²) in [5.41, 5.74) is 5.16. The molecule has 0 spiro atoms. The van der Waals surface area contributed by atoms with Gasteiger partial charge in [0, 0.05) is 0 Å². The van der Waals surface area contributed by atoms with E-state index in [1.807, 2.05) is 0 Å². The minimum Gasteiger partial charge on any atom is -0.390 e. The second-order valence-corrected chi connectivity index (χ2v) is 7.35. The summed E-state index contributed by atoms with van der Waals surface area (Å²) in [6, 6.07) is 5.68. The molecule has 1 rings (SSSR count). The number of aliphatic hydroxyl groups excluding tert-OH is 2. The van der Waals surface area contributed by atoms with E-state index < -0.39 is 39.6 Å². The molecule has 0 saturated carbocycles. The first-order chi connectivity index (χ1) is 9.16. The topological polar surface area (TPSA) is 118 Å². The van der Waals surface area contributed by atoms with Crippen molar-refractivity contribution in [1.82, 2.24) is 0 Å². The van der Waals surface area contributed by atoms with Gasteiger partial charge in [0.05, 0.1) is 22.7 Å². The Hall–Kier alpha value is -1.44. The van der Waals surface area contributed by atoms with E-state index in [-0.39, 0.29) is 10.5 Å². The van der Waals surface area contributed by atoms with Gasteiger partial charge in [-0.15, -0.1) is 0 Å². The molecule has 6 nitrogen and oxygen atoms in total. The van der Waals surface area contributed by atoms with Crippen LogP contribution in [0, 0.1) is 0 Å². The van der Waals surface area contributed by atoms with Crippen LogP contribution in [-0.2, 0) is 14.6 Å². The Morgan fingerprint density at radius 1 is 1.30 bits per heavy atom. The first-order valence-corrected chi connectivity index (χ1v) is 7.69. The molecule has 0 aliphatic carbocycles. The molecule has 1 aromatic carbocycles. The highest BCUT2D eigenvalue weighted by atomic mass is 32.2. The van der Waals surface area contributed by atoms with Crippen LogP contribution < -0.4 is 5.73 Å². The van der Waals surface area contributed by atoms with Gasteiger partial charge in [-0.05, 0) is 31.5 Å². The highest BCUT2D eigenvalue weighted by molar-refractivity contribution is 7.92. The number of rotatable bonds is 6. The standard InChI is InChI=1S/C13H19NO5S/c1-8(2)20(18,19)10-5-3-4-9(6-10)13(17)11(15)7-12(14)16/h3-6,8,11,13,15,17H,7H2,1-2H3,(H2,14,16). The Bertz CT molecular complexity index is 582. The second-order valence-electron chi connectivity index (χ2n) is 4.85. The Morgan fingerprint density at radius 2 is 1.90 bits per heavy atom. The van der Waals surface area contributed by atoms with Crippen molar-refractivity contribution >= 4 is 15.7 Å². The normalized spacial score (nSPS) is 15.1. The Kier molecular flexibility index (Phi) is 5.27. The molecule has 0 aliphatic rings. The van der Waals surface area contributed by atoms with E-state index in [0.29, 0.717) is 0 Å². The number of hydrogen-bond acceptors (Lipinski definition) is 5. The zero-order valence-corrected chi connectivity index (χ0v) is 12.2. The van der Waals surface area contributed by atoms with Crippen molar-refractivity contribution in [2.45, 2.75) is 42.6 Å². The first kappa shape index (κ1) is 16.6. The maximum absolute atomic E-state index is 12.0. The van der Waals surface area contributed by atoms with E-state index in [4.69, 9.17) is 5.73 Å². The van der Waals surface area contributed by atoms with Gasteiger partial charge in [0.25, 0.3) is 0 Å². The largest absolute Gasteiger partial charge is 0.390 e. The molecule has 4 N–H and O–H groups in total. The van der Waals surface area contributed by atoms with E-state index in [9.17, 15) is 23.4 Å². The fourth-order valence-corrected chi connectivity index (χ4v) is 2.80. The highest BCUT2D eigenvalue weighted by Crippen LogP contribution is 2.23. The molecule has 0 fully saturated rings. The van der Waals surface area contributed by atoms with Gasteiger partial charge in [0.1, 0.15) is 6.10 Å². The van der Waals surface area contributed by atoms with Crippen molar-refractivity contribution in [3.8, 4) is 0 Å². The van der Waals surface area contributed by atoms with Gasteiger partial charge >= 0.3 is 0 Å². The third kappa shape index (κ3) is 3.78. The molecule has 2 unspecified atom stereocenters. The number of nitrogens with two attached hydrogens (primary N) is 1. The number of primary amides is 1. The fourth-order valence-electron chi connectivity index (χ4n) is 1.69. The van der Waals surface area contributed by atoms with Crippen LogP contribution >= 0.6 is 0 Å². The maximum atomic E-state index is 12.0. The van der Waals surface area contributed by atoms with Crippen LogP contribution in [0.1, 0.15) is 31.9 Å². The van der Waals surface area contributed by atoms with Crippen molar-refractivity contribution in [2.24, 2.45) is 5.73 Å². The number of carbonyl (C=O) groups excluding carboxylic acids is 1. The molecule has 0 radical (unpaired) electrons. The zero-order chi connectivity index (χ0) is 15.5. The molecular weight excluding hydrogens is 282 g/mol. The highest BCUT2D eigenvalue weighted by Gasteiger charge is 2.24. The minimum atomic E-state index is -3.47. The molecule has 0 bridgehead atoms. The average molecular weight is 301 g/mol. The summed E-state index contributed by atoms with van der Waals surface area (Å²) in [5.74, 6) is -0.748. The lowest BCUT2D eigenvalue weighted by Gasteiger charge is -2.18. The first-order valence-electron chi connectivity index (χ1n) is 6.14. The number of aliphatic hydroxyl groups is 2. The van der Waals surface area contributed by atoms with E-state index in [1.54, 1.807) is 13.8 Å². The van der Waals surface area contributed by atoms with Crippen molar-refractivity contribution in [1.29, 1.82) is 0 Å². The van der Waals surface area contributed by atoms with Crippen LogP contribution in [0.4, 0.5) is 0 Å². The van der Waals surface area contributed by atoms with Gasteiger partial charge in [-0.25, -0.2) is 8.42 Å². The van der Waals surface area contributed by atoms with Crippen molar-refractivity contribution in [3.05, 3.63) is 29.8 Å². The molecule has 0 saturated heterocycles. The third-order valence-electron chi connectivity index (χ3n) is 2.92. The summed E-state index contributed by atoms with van der Waals surface area (Å²) < 4.78 is 24.1. The summed E-state index contributed by atoms with van der Waals surface area (Å²) in [6.07, 6.45) is -3.14. The smallest absolute Gasteiger partial charge is 0.220 e. The van der Waals surface area contributed by atoms with Gasteiger partial charge in [0.15, 0.2) is 9.84 Å². The lowest BCUT2D eigenvalue weighted by molar-refractivity contribution is -0.121. The Morgan fingerprint density at radius 3 is 2.40 bits per heavy atom. The molecular formula is C13H19NO5S. The molecule has 0 heterocycles. The monoisotopic (exact) mass is 301 g/mol. The van der Waals surface area contributed by atoms with Gasteiger partial charge in [0.2, 0.25) is 5.91 Å². The van der Waals surface area contributed by atoms with Crippen molar-refractivity contribution < 1.29 is 23.4 Å². The molecule has 1 aromatic rings. The second kappa shape index (κ2) is 6.34. The predicted molar refractivity (Wildman–Crippen MR) is 73.5 cm³/mol. The van der Waals surface area contributed by atoms with E-state index in [0.717, 1.165) is 0 Å². The molecule has 0 aromatic heterocycles. The molecule has 7 heteroatoms. The lowest BCUT2D eigenvalue weighted by atomic mass is 10.0. The molecule has 112 valence electrons. The molecule has 20 heavy (non-hydrogen) atoms. The molecule has 1 amide bonds. The van der Waals surface area contributed by atoms with Crippen LogP contribution in [0.3, 0.4) is 0 Å². The quantitative estimate of drug-likeness (QED) is 0.690. The fraction of sp³-hybridized carbons (Fsp3) is 0.462. The number of sulfone groups is 1. The lowest BCUT2D eigenvalue weighted by Crippen LogP contribution is -2.26. The average Bonchev–Trinajstić information content (AvgIpc) is 2.37. The summed E-state index contributed by atoms with van der Waals surface area (Å²) in [4.78, 5) is 10.8. The van der Waals surface area contributed by atoms with Gasteiger partial charge in [-0.2, -0.15) is 0 Å². The maximum Gasteiger partial charge on any atom is 0.220 e. The summed E-state index contributed by atoms with van der Waals surface area (Å²) in [5, 5.41) is 19.0. The van der Waals surface area contributed by atoms with Crippen LogP contribution in [0.5, 0.6) is 0 Å². The minimum absolute atomic E-state index is 0.0651. The van der Waals surface area contributed by atoms with E-state index >= 15 is 0 Å². The van der Waals surface area contributed by atoms with Gasteiger partial charge in [-0.3, -0.25) is 4.79 Å². The van der Waals surface area contributed by atoms with Crippen LogP contribution in [0.2, 0.25) is 0 Å². The number of carbonyl (C=O) groups is 1. The van der Waals surface area contributed by atoms with Crippen LogP contribution in [-0.4, -0.2) is 35.9 Å². The third-order valence-corrected chi connectivity index (χ3v) is 5.08. The zero-order valence-electron chi connectivity index (χ0n) is 11.4. The molecule has 0 aliphatic heterocycles. The summed E-state index contributed by atoms with van der Waals surface area (Å²) >= 11 is 0. The van der Waals surface area contributed by atoms with E-state index in [2.05, 4.69) is 0 Å². The van der Waals surface area contributed by atoms with Crippen molar-refractivity contribution in [2.75, 3.05) is 0 Å². The van der Waals surface area contributed by atoms with Crippen molar-refractivity contribution in [3.63, 3.8) is 0 Å². The SMILES string of the molecule is CC(C)S(=O)(=O)c1cccc(C(O)C(O)CC(N)=O)c1. The van der Waals surface area contributed by atoms with Gasteiger partial charge < -0.3 is 15.9 Å². The Balaban J connectivity index is 3.08. The summed E-state index contributed by atoms with van der Waals surface area (Å²) in [7, 11) is -3.47. The Labute approximate surface area is 118 Å².